The maximum atomic E-state index is 13.5. The largest absolute Gasteiger partial charge is 0.504 e. The van der Waals surface area contributed by atoms with Crippen LogP contribution in [-0.2, 0) is 13.6 Å². The second-order valence-electron chi connectivity index (χ2n) is 5.93. The number of phenols is 1. The Hall–Kier alpha value is -2.21. The van der Waals surface area contributed by atoms with E-state index in [1.54, 1.807) is 63.6 Å². The van der Waals surface area contributed by atoms with Crippen LogP contribution in [0.2, 0.25) is 0 Å². The minimum atomic E-state index is -3.57. The van der Waals surface area contributed by atoms with E-state index >= 15 is 0 Å². The number of pyridine rings is 1. The van der Waals surface area contributed by atoms with Crippen molar-refractivity contribution in [2.24, 2.45) is 4.99 Å². The number of nitrogens with zero attached hydrogens (tertiary/aromatic N) is 2. The molecule has 1 aromatic heterocycles. The van der Waals surface area contributed by atoms with E-state index < -0.39 is 13.3 Å². The molecule has 0 saturated heterocycles. The molecule has 1 N–H and O–H groups in total. The predicted molar refractivity (Wildman–Crippen MR) is 110 cm³/mol. The summed E-state index contributed by atoms with van der Waals surface area (Å²) in [4.78, 5) is 8.45. The maximum Gasteiger partial charge on any atom is 0.343 e. The number of benzene rings is 1. The topological polar surface area (TPSA) is 90.2 Å². The summed E-state index contributed by atoms with van der Waals surface area (Å²) in [7, 11) is -3.57. The molecular weight excluding hydrogens is 379 g/mol. The normalized spacial score (nSPS) is 13.0. The Kier molecular flexibility index (Phi) is 8.18. The van der Waals surface area contributed by atoms with Crippen LogP contribution in [0.15, 0.2) is 41.7 Å². The van der Waals surface area contributed by atoms with E-state index in [4.69, 9.17) is 13.8 Å². The van der Waals surface area contributed by atoms with Crippen LogP contribution in [0.3, 0.4) is 0 Å². The van der Waals surface area contributed by atoms with E-state index in [1.807, 2.05) is 6.92 Å². The number of aryl methyl sites for hydroxylation is 1. The van der Waals surface area contributed by atoms with Crippen LogP contribution < -0.4 is 4.74 Å². The Labute approximate surface area is 165 Å². The fourth-order valence-electron chi connectivity index (χ4n) is 2.71. The van der Waals surface area contributed by atoms with Gasteiger partial charge in [0.1, 0.15) is 5.66 Å². The first kappa shape index (κ1) is 22.1. The van der Waals surface area contributed by atoms with Crippen LogP contribution in [0.1, 0.15) is 37.6 Å². The lowest BCUT2D eigenvalue weighted by Gasteiger charge is -2.25. The van der Waals surface area contributed by atoms with Gasteiger partial charge < -0.3 is 18.9 Å². The van der Waals surface area contributed by atoms with Gasteiger partial charge in [0.25, 0.3) is 0 Å². The molecule has 2 rings (SSSR count). The summed E-state index contributed by atoms with van der Waals surface area (Å²) in [5, 5.41) is 10.3. The lowest BCUT2D eigenvalue weighted by molar-refractivity contribution is 0.217. The Bertz CT molecular complexity index is 832. The Morgan fingerprint density at radius 2 is 1.93 bits per heavy atom. The molecule has 28 heavy (non-hydrogen) atoms. The molecule has 7 nitrogen and oxygen atoms in total. The summed E-state index contributed by atoms with van der Waals surface area (Å²) in [5.41, 5.74) is 1.07. The van der Waals surface area contributed by atoms with Gasteiger partial charge in [0.2, 0.25) is 0 Å². The van der Waals surface area contributed by atoms with Crippen LogP contribution in [0.25, 0.3) is 0 Å². The maximum absolute atomic E-state index is 13.5. The highest BCUT2D eigenvalue weighted by Gasteiger charge is 2.36. The van der Waals surface area contributed by atoms with Gasteiger partial charge in [-0.2, -0.15) is 0 Å². The fraction of sp³-hybridized carbons (Fsp3) is 0.400. The highest BCUT2D eigenvalue weighted by atomic mass is 31.2. The minimum Gasteiger partial charge on any atom is -0.504 e. The third kappa shape index (κ3) is 5.41. The summed E-state index contributed by atoms with van der Waals surface area (Å²) in [6, 6.07) is 6.95. The number of ether oxygens (including phenoxy) is 1. The smallest absolute Gasteiger partial charge is 0.343 e. The molecule has 0 aliphatic heterocycles. The number of hydrogen-bond donors (Lipinski definition) is 1. The number of hydrogen-bond acceptors (Lipinski definition) is 7. The highest BCUT2D eigenvalue weighted by Crippen LogP contribution is 2.61. The molecule has 1 aromatic carbocycles. The number of rotatable bonds is 10. The van der Waals surface area contributed by atoms with Crippen LogP contribution in [0.4, 0.5) is 5.69 Å². The molecule has 8 heteroatoms. The molecule has 0 fully saturated rings. The second kappa shape index (κ2) is 10.4. The summed E-state index contributed by atoms with van der Waals surface area (Å²) in [6.45, 7) is 7.94. The van der Waals surface area contributed by atoms with Gasteiger partial charge in [-0.25, -0.2) is 0 Å². The van der Waals surface area contributed by atoms with Crippen molar-refractivity contribution in [2.45, 2.75) is 33.4 Å². The van der Waals surface area contributed by atoms with E-state index in [9.17, 15) is 9.67 Å². The molecular formula is C20H27N2O5P. The van der Waals surface area contributed by atoms with E-state index in [-0.39, 0.29) is 19.0 Å². The zero-order valence-electron chi connectivity index (χ0n) is 16.7. The molecule has 0 aliphatic carbocycles. The van der Waals surface area contributed by atoms with E-state index in [0.717, 1.165) is 0 Å². The summed E-state index contributed by atoms with van der Waals surface area (Å²) in [5.74, 6) is 0.369. The van der Waals surface area contributed by atoms with E-state index in [2.05, 4.69) is 9.98 Å². The van der Waals surface area contributed by atoms with Crippen molar-refractivity contribution in [1.29, 1.82) is 0 Å². The van der Waals surface area contributed by atoms with Crippen molar-refractivity contribution in [3.05, 3.63) is 47.8 Å². The van der Waals surface area contributed by atoms with Crippen molar-refractivity contribution in [1.82, 2.24) is 4.98 Å². The van der Waals surface area contributed by atoms with Gasteiger partial charge in [-0.3, -0.25) is 14.5 Å². The van der Waals surface area contributed by atoms with Crippen LogP contribution in [0, 0.1) is 6.92 Å². The molecule has 2 aromatic rings. The van der Waals surface area contributed by atoms with Gasteiger partial charge in [-0.05, 0) is 57.0 Å². The SMILES string of the molecule is CCOc1cc(C(C=Nc2cccnc2)P(=O)(OCC)OCC)cc(C)c1O. The number of phenolic OH excluding ortho intramolecular Hbond substituents is 1. The highest BCUT2D eigenvalue weighted by molar-refractivity contribution is 7.55. The average Bonchev–Trinajstić information content (AvgIpc) is 2.67. The third-order valence-electron chi connectivity index (χ3n) is 3.90. The number of aromatic hydroxyl groups is 1. The van der Waals surface area contributed by atoms with Gasteiger partial charge in [-0.1, -0.05) is 6.07 Å². The molecule has 152 valence electrons. The van der Waals surface area contributed by atoms with E-state index in [0.29, 0.717) is 29.2 Å². The fourth-order valence-corrected chi connectivity index (χ4v) is 4.56. The molecule has 1 heterocycles. The lowest BCUT2D eigenvalue weighted by atomic mass is 10.1. The zero-order chi connectivity index (χ0) is 20.6. The van der Waals surface area contributed by atoms with Crippen molar-refractivity contribution < 1.29 is 23.5 Å². The molecule has 0 aliphatic rings. The second-order valence-corrected chi connectivity index (χ2v) is 8.08. The first-order chi connectivity index (χ1) is 13.4. The lowest BCUT2D eigenvalue weighted by Crippen LogP contribution is -2.09. The number of aromatic nitrogens is 1. The van der Waals surface area contributed by atoms with Crippen molar-refractivity contribution in [2.75, 3.05) is 19.8 Å². The van der Waals surface area contributed by atoms with Crippen molar-refractivity contribution >= 4 is 19.5 Å². The van der Waals surface area contributed by atoms with Crippen molar-refractivity contribution in [3.8, 4) is 11.5 Å². The average molecular weight is 406 g/mol. The van der Waals surface area contributed by atoms with Gasteiger partial charge in [0, 0.05) is 12.4 Å². The minimum absolute atomic E-state index is 0.0520. The third-order valence-corrected chi connectivity index (χ3v) is 6.25. The van der Waals surface area contributed by atoms with Gasteiger partial charge in [0.05, 0.1) is 31.7 Å². The van der Waals surface area contributed by atoms with Gasteiger partial charge in [-0.15, -0.1) is 0 Å². The molecule has 0 radical (unpaired) electrons. The summed E-state index contributed by atoms with van der Waals surface area (Å²) < 4.78 is 30.2. The molecule has 1 unspecified atom stereocenters. The van der Waals surface area contributed by atoms with E-state index in [1.165, 1.54) is 0 Å². The van der Waals surface area contributed by atoms with Crippen LogP contribution >= 0.6 is 7.60 Å². The summed E-state index contributed by atoms with van der Waals surface area (Å²) in [6.07, 6.45) is 4.80. The predicted octanol–water partition coefficient (Wildman–Crippen LogP) is 5.20. The first-order valence-electron chi connectivity index (χ1n) is 9.24. The zero-order valence-corrected chi connectivity index (χ0v) is 17.6. The number of aliphatic imine (C=N–C) groups is 1. The Morgan fingerprint density at radius 1 is 1.21 bits per heavy atom. The van der Waals surface area contributed by atoms with Crippen LogP contribution in [0.5, 0.6) is 11.5 Å². The molecule has 0 bridgehead atoms. The van der Waals surface area contributed by atoms with Crippen molar-refractivity contribution in [3.63, 3.8) is 0 Å². The molecule has 0 spiro atoms. The van der Waals surface area contributed by atoms with Gasteiger partial charge in [0.15, 0.2) is 11.5 Å². The van der Waals surface area contributed by atoms with Crippen LogP contribution in [-0.4, -0.2) is 36.1 Å². The quantitative estimate of drug-likeness (QED) is 0.431. The molecule has 0 amide bonds. The Balaban J connectivity index is 2.57. The first-order valence-corrected chi connectivity index (χ1v) is 10.9. The molecule has 1 atom stereocenters. The molecule has 0 saturated carbocycles. The summed E-state index contributed by atoms with van der Waals surface area (Å²) >= 11 is 0. The monoisotopic (exact) mass is 406 g/mol. The van der Waals surface area contributed by atoms with Gasteiger partial charge >= 0.3 is 7.60 Å². The Morgan fingerprint density at radius 3 is 2.50 bits per heavy atom. The standard InChI is InChI=1S/C20H27N2O5P/c1-5-25-18-12-16(11-15(4)20(18)23)19(28(24,26-6-2)27-7-3)14-22-17-9-8-10-21-13-17/h8-14,19,23H,5-7H2,1-4H3.